The summed E-state index contributed by atoms with van der Waals surface area (Å²) < 4.78 is 37.1. The minimum absolute atomic E-state index is 0.0428. The molecule has 10 heteroatoms. The van der Waals surface area contributed by atoms with Crippen LogP contribution in [-0.4, -0.2) is 55.3 Å². The highest BCUT2D eigenvalue weighted by Gasteiger charge is 2.17. The predicted octanol–water partition coefficient (Wildman–Crippen LogP) is 2.97. The second-order valence-corrected chi connectivity index (χ2v) is 10.0. The Morgan fingerprint density at radius 1 is 1.26 bits per heavy atom. The quantitative estimate of drug-likeness (QED) is 0.215. The molecular weight excluding hydrogens is 470 g/mol. The summed E-state index contributed by atoms with van der Waals surface area (Å²) in [4.78, 5) is 10.9. The first-order valence-corrected chi connectivity index (χ1v) is 13.4. The average molecular weight is 512 g/mol. The molecule has 1 fully saturated rings. The number of benzene rings is 1. The highest BCUT2D eigenvalue weighted by atomic mass is 32.2. The highest BCUT2D eigenvalue weighted by molar-refractivity contribution is 7.83. The third-order valence-corrected chi connectivity index (χ3v) is 5.76. The molecule has 1 aromatic rings. The molecule has 0 aliphatic heterocycles. The molecule has 0 saturated heterocycles. The molecule has 198 valence electrons. The predicted molar refractivity (Wildman–Crippen MR) is 139 cm³/mol. The van der Waals surface area contributed by atoms with E-state index in [1.165, 1.54) is 13.3 Å². The molecule has 1 aliphatic carbocycles. The largest absolute Gasteiger partial charge is 0.491 e. The Labute approximate surface area is 209 Å². The van der Waals surface area contributed by atoms with Crippen molar-refractivity contribution < 1.29 is 27.6 Å². The Morgan fingerprint density at radius 3 is 2.51 bits per heavy atom. The van der Waals surface area contributed by atoms with Gasteiger partial charge in [0.1, 0.15) is 18.5 Å². The molecule has 0 heterocycles. The lowest BCUT2D eigenvalue weighted by Gasteiger charge is -2.20. The van der Waals surface area contributed by atoms with Crippen LogP contribution in [0.3, 0.4) is 0 Å². The lowest BCUT2D eigenvalue weighted by molar-refractivity contribution is -0.118. The minimum atomic E-state index is -3.97. The van der Waals surface area contributed by atoms with E-state index in [1.54, 1.807) is 12.3 Å². The average Bonchev–Trinajstić information content (AvgIpc) is 2.77. The van der Waals surface area contributed by atoms with Crippen molar-refractivity contribution in [3.63, 3.8) is 0 Å². The number of amides is 1. The van der Waals surface area contributed by atoms with Gasteiger partial charge in [-0.15, -0.1) is 6.58 Å². The van der Waals surface area contributed by atoms with Gasteiger partial charge in [0.15, 0.2) is 0 Å². The molecule has 35 heavy (non-hydrogen) atoms. The van der Waals surface area contributed by atoms with E-state index in [9.17, 15) is 18.3 Å². The van der Waals surface area contributed by atoms with Crippen LogP contribution in [0.25, 0.3) is 6.08 Å². The van der Waals surface area contributed by atoms with Crippen molar-refractivity contribution in [2.24, 2.45) is 0 Å². The number of hydrogen-bond donors (Lipinski definition) is 5. The third-order valence-electron chi connectivity index (χ3n) is 5.12. The molecule has 1 amide bonds. The van der Waals surface area contributed by atoms with E-state index in [1.807, 2.05) is 38.1 Å². The molecule has 1 aromatic carbocycles. The molecular formula is C25H41N3O6S. The van der Waals surface area contributed by atoms with Crippen molar-refractivity contribution in [1.29, 1.82) is 0 Å². The van der Waals surface area contributed by atoms with Crippen LogP contribution in [-0.2, 0) is 21.5 Å². The van der Waals surface area contributed by atoms with Gasteiger partial charge in [0.05, 0.1) is 0 Å². The number of rotatable bonds is 12. The number of aliphatic hydroxyl groups excluding tert-OH is 1. The summed E-state index contributed by atoms with van der Waals surface area (Å²) in [7, 11) is -3.97. The lowest BCUT2D eigenvalue weighted by atomic mass is 9.96. The first-order chi connectivity index (χ1) is 16.5. The smallest absolute Gasteiger partial charge is 0.333 e. The number of carbonyl (C=O) groups excluding carboxylic acids is 1. The molecule has 1 aliphatic rings. The standard InChI is InChI=1S/C19H28N2O3.C6H13NO3S/c1-5-6-17-11-16(9-10-20-15(4)22)7-8-19(17)24-13-18(23)12-21-14(2)3;8-11(9,10)7-6-4-2-1-3-5-6/h5,7-11,14,18,21,23H,1,6,12-13H2,2-4H3,(H,20,22);6-7H,1-5H2,(H,8,9,10). The van der Waals surface area contributed by atoms with Crippen LogP contribution in [0.15, 0.2) is 37.1 Å². The van der Waals surface area contributed by atoms with Gasteiger partial charge >= 0.3 is 10.3 Å². The second kappa shape index (κ2) is 16.4. The summed E-state index contributed by atoms with van der Waals surface area (Å²) in [5.74, 6) is 0.622. The fourth-order valence-corrected chi connectivity index (χ4v) is 4.12. The summed E-state index contributed by atoms with van der Waals surface area (Å²) in [6, 6.07) is 6.03. The summed E-state index contributed by atoms with van der Waals surface area (Å²) in [6.45, 7) is 10.0. The molecule has 1 atom stereocenters. The maximum atomic E-state index is 10.9. The Kier molecular flexibility index (Phi) is 14.5. The van der Waals surface area contributed by atoms with Crippen molar-refractivity contribution in [3.8, 4) is 5.75 Å². The number of nitrogens with one attached hydrogen (secondary N) is 3. The van der Waals surface area contributed by atoms with Crippen molar-refractivity contribution in [1.82, 2.24) is 15.4 Å². The van der Waals surface area contributed by atoms with Crippen molar-refractivity contribution in [2.75, 3.05) is 13.2 Å². The molecule has 0 aromatic heterocycles. The van der Waals surface area contributed by atoms with Gasteiger partial charge in [-0.2, -0.15) is 13.1 Å². The van der Waals surface area contributed by atoms with Gasteiger partial charge in [-0.1, -0.05) is 45.3 Å². The summed E-state index contributed by atoms with van der Waals surface area (Å²) >= 11 is 0. The lowest BCUT2D eigenvalue weighted by Crippen LogP contribution is -2.35. The van der Waals surface area contributed by atoms with E-state index in [2.05, 4.69) is 21.9 Å². The Bertz CT molecular complexity index is 912. The van der Waals surface area contributed by atoms with Crippen molar-refractivity contribution >= 4 is 22.3 Å². The zero-order valence-electron chi connectivity index (χ0n) is 21.0. The normalized spacial score (nSPS) is 15.4. The second-order valence-electron chi connectivity index (χ2n) is 8.85. The Hall–Kier alpha value is -2.24. The maximum absolute atomic E-state index is 10.9. The van der Waals surface area contributed by atoms with Gasteiger partial charge in [0, 0.05) is 31.8 Å². The molecule has 0 spiro atoms. The molecule has 5 N–H and O–H groups in total. The number of ether oxygens (including phenoxy) is 1. The van der Waals surface area contributed by atoms with Gasteiger partial charge in [-0.3, -0.25) is 9.35 Å². The Balaban J connectivity index is 0.000000462. The summed E-state index contributed by atoms with van der Waals surface area (Å²) in [5, 5.41) is 15.7. The minimum Gasteiger partial charge on any atom is -0.491 e. The third kappa shape index (κ3) is 15.4. The zero-order chi connectivity index (χ0) is 26.3. The highest BCUT2D eigenvalue weighted by Crippen LogP contribution is 2.22. The van der Waals surface area contributed by atoms with Gasteiger partial charge in [0.25, 0.3) is 0 Å². The van der Waals surface area contributed by atoms with Crippen LogP contribution in [0.4, 0.5) is 0 Å². The van der Waals surface area contributed by atoms with E-state index >= 15 is 0 Å². The van der Waals surface area contributed by atoms with Gasteiger partial charge < -0.3 is 20.5 Å². The number of carbonyl (C=O) groups is 1. The molecule has 2 rings (SSSR count). The van der Waals surface area contributed by atoms with E-state index in [-0.39, 0.29) is 18.6 Å². The first kappa shape index (κ1) is 30.8. The maximum Gasteiger partial charge on any atom is 0.333 e. The first-order valence-electron chi connectivity index (χ1n) is 12.0. The fourth-order valence-electron chi connectivity index (χ4n) is 3.46. The Morgan fingerprint density at radius 2 is 1.94 bits per heavy atom. The van der Waals surface area contributed by atoms with Crippen molar-refractivity contribution in [3.05, 3.63) is 48.2 Å². The molecule has 0 bridgehead atoms. The zero-order valence-corrected chi connectivity index (χ0v) is 21.8. The van der Waals surface area contributed by atoms with E-state index in [0.29, 0.717) is 19.0 Å². The van der Waals surface area contributed by atoms with E-state index < -0.39 is 16.4 Å². The molecule has 0 radical (unpaired) electrons. The summed E-state index contributed by atoms with van der Waals surface area (Å²) in [5.41, 5.74) is 1.94. The van der Waals surface area contributed by atoms with Crippen LogP contribution >= 0.6 is 0 Å². The van der Waals surface area contributed by atoms with E-state index in [4.69, 9.17) is 9.29 Å². The van der Waals surface area contributed by atoms with Crippen LogP contribution in [0.5, 0.6) is 5.75 Å². The summed E-state index contributed by atoms with van der Waals surface area (Å²) in [6.07, 6.45) is 10.3. The molecule has 9 nitrogen and oxygen atoms in total. The number of hydrogen-bond acceptors (Lipinski definition) is 6. The number of allylic oxidation sites excluding steroid dienone is 1. The van der Waals surface area contributed by atoms with Crippen LogP contribution in [0.1, 0.15) is 64.0 Å². The molecule has 1 saturated carbocycles. The fraction of sp³-hybridized carbons (Fsp3) is 0.560. The molecule has 1 unspecified atom stereocenters. The topological polar surface area (TPSA) is 137 Å². The van der Waals surface area contributed by atoms with Gasteiger partial charge in [-0.25, -0.2) is 0 Å². The SMILES string of the molecule is C=CCc1cc(C=CNC(C)=O)ccc1OCC(O)CNC(C)C.O=S(=O)(O)NC1CCCCC1. The van der Waals surface area contributed by atoms with Crippen LogP contribution in [0, 0.1) is 0 Å². The van der Waals surface area contributed by atoms with E-state index in [0.717, 1.165) is 42.6 Å². The van der Waals surface area contributed by atoms with Gasteiger partial charge in [-0.05, 0) is 48.6 Å². The van der Waals surface area contributed by atoms with Crippen LogP contribution < -0.4 is 20.1 Å². The number of aliphatic hydroxyl groups is 1. The van der Waals surface area contributed by atoms with Gasteiger partial charge in [0.2, 0.25) is 5.91 Å². The van der Waals surface area contributed by atoms with Crippen LogP contribution in [0.2, 0.25) is 0 Å². The van der Waals surface area contributed by atoms with Crippen molar-refractivity contribution in [2.45, 2.75) is 77.5 Å². The monoisotopic (exact) mass is 511 g/mol.